The lowest BCUT2D eigenvalue weighted by Gasteiger charge is -2.30. The Balaban J connectivity index is 1.95. The van der Waals surface area contributed by atoms with Crippen LogP contribution >= 0.6 is 0 Å². The molecule has 4 heteroatoms. The average molecular weight is 184 g/mol. The van der Waals surface area contributed by atoms with Crippen LogP contribution in [0.1, 0.15) is 12.8 Å². The largest absolute Gasteiger partial charge is 0.378 e. The van der Waals surface area contributed by atoms with Crippen LogP contribution in [-0.4, -0.2) is 43.7 Å². The molecular weight excluding hydrogens is 168 g/mol. The Bertz CT molecular complexity index is 208. The summed E-state index contributed by atoms with van der Waals surface area (Å²) in [4.78, 5) is 13.8. The van der Waals surface area contributed by atoms with Gasteiger partial charge in [0.05, 0.1) is 18.6 Å². The predicted molar refractivity (Wildman–Crippen MR) is 48.1 cm³/mol. The maximum Gasteiger partial charge on any atom is 0.230 e. The van der Waals surface area contributed by atoms with Gasteiger partial charge in [0.2, 0.25) is 5.91 Å². The summed E-state index contributed by atoms with van der Waals surface area (Å²) >= 11 is 0. The average Bonchev–Trinajstić information content (AvgIpc) is 2.99. The number of rotatable bonds is 2. The van der Waals surface area contributed by atoms with Crippen LogP contribution in [0.2, 0.25) is 0 Å². The molecule has 0 aromatic carbocycles. The number of hydrogen-bond donors (Lipinski definition) is 1. The van der Waals surface area contributed by atoms with Crippen LogP contribution in [0.15, 0.2) is 0 Å². The maximum atomic E-state index is 11.9. The van der Waals surface area contributed by atoms with Crippen molar-refractivity contribution in [2.75, 3.05) is 32.8 Å². The fourth-order valence-corrected chi connectivity index (χ4v) is 1.76. The molecule has 2 N–H and O–H groups in total. The molecule has 13 heavy (non-hydrogen) atoms. The minimum atomic E-state index is -0.183. The molecule has 0 spiro atoms. The van der Waals surface area contributed by atoms with E-state index in [0.29, 0.717) is 19.8 Å². The van der Waals surface area contributed by atoms with Gasteiger partial charge in [-0.25, -0.2) is 0 Å². The third-order valence-electron chi connectivity index (χ3n) is 3.00. The van der Waals surface area contributed by atoms with Gasteiger partial charge in [0, 0.05) is 19.6 Å². The van der Waals surface area contributed by atoms with Crippen molar-refractivity contribution in [2.24, 2.45) is 11.1 Å². The van der Waals surface area contributed by atoms with Crippen molar-refractivity contribution in [3.63, 3.8) is 0 Å². The highest BCUT2D eigenvalue weighted by molar-refractivity contribution is 5.85. The topological polar surface area (TPSA) is 55.6 Å². The second-order valence-electron chi connectivity index (χ2n) is 3.89. The van der Waals surface area contributed by atoms with Crippen molar-refractivity contribution in [2.45, 2.75) is 12.8 Å². The normalized spacial score (nSPS) is 25.8. The van der Waals surface area contributed by atoms with Gasteiger partial charge < -0.3 is 15.4 Å². The highest BCUT2D eigenvalue weighted by Gasteiger charge is 2.50. The van der Waals surface area contributed by atoms with Crippen LogP contribution in [0.4, 0.5) is 0 Å². The van der Waals surface area contributed by atoms with Crippen molar-refractivity contribution in [3.8, 4) is 0 Å². The summed E-state index contributed by atoms with van der Waals surface area (Å²) in [5.41, 5.74) is 5.41. The zero-order valence-corrected chi connectivity index (χ0v) is 7.79. The van der Waals surface area contributed by atoms with E-state index in [-0.39, 0.29) is 11.3 Å². The first-order valence-electron chi connectivity index (χ1n) is 4.86. The van der Waals surface area contributed by atoms with Crippen molar-refractivity contribution in [1.29, 1.82) is 0 Å². The molecule has 0 radical (unpaired) electrons. The van der Waals surface area contributed by atoms with E-state index in [1.807, 2.05) is 4.90 Å². The Kier molecular flexibility index (Phi) is 2.26. The van der Waals surface area contributed by atoms with E-state index in [0.717, 1.165) is 25.9 Å². The fraction of sp³-hybridized carbons (Fsp3) is 0.889. The molecule has 0 unspecified atom stereocenters. The first-order valence-corrected chi connectivity index (χ1v) is 4.86. The minimum Gasteiger partial charge on any atom is -0.378 e. The third kappa shape index (κ3) is 1.56. The number of ether oxygens (including phenoxy) is 1. The molecule has 2 fully saturated rings. The fourth-order valence-electron chi connectivity index (χ4n) is 1.76. The van der Waals surface area contributed by atoms with Gasteiger partial charge >= 0.3 is 0 Å². The number of carbonyl (C=O) groups excluding carboxylic acids is 1. The summed E-state index contributed by atoms with van der Waals surface area (Å²) in [6.45, 7) is 3.32. The van der Waals surface area contributed by atoms with Gasteiger partial charge in [-0.15, -0.1) is 0 Å². The summed E-state index contributed by atoms with van der Waals surface area (Å²) in [5.74, 6) is 0.248. The number of nitrogens with zero attached hydrogens (tertiary/aromatic N) is 1. The Morgan fingerprint density at radius 3 is 2.46 bits per heavy atom. The maximum absolute atomic E-state index is 11.9. The molecule has 0 atom stereocenters. The lowest BCUT2D eigenvalue weighted by molar-refractivity contribution is -0.140. The lowest BCUT2D eigenvalue weighted by atomic mass is 10.1. The van der Waals surface area contributed by atoms with Crippen LogP contribution in [0.5, 0.6) is 0 Å². The highest BCUT2D eigenvalue weighted by atomic mass is 16.5. The molecule has 1 saturated heterocycles. The van der Waals surface area contributed by atoms with Crippen molar-refractivity contribution < 1.29 is 9.53 Å². The lowest BCUT2D eigenvalue weighted by Crippen LogP contribution is -2.46. The first-order chi connectivity index (χ1) is 6.28. The summed E-state index contributed by atoms with van der Waals surface area (Å²) in [5, 5.41) is 0. The van der Waals surface area contributed by atoms with E-state index in [2.05, 4.69) is 0 Å². The summed E-state index contributed by atoms with van der Waals surface area (Å²) < 4.78 is 5.19. The van der Waals surface area contributed by atoms with Gasteiger partial charge in [0.25, 0.3) is 0 Å². The van der Waals surface area contributed by atoms with E-state index in [4.69, 9.17) is 10.5 Å². The van der Waals surface area contributed by atoms with Gasteiger partial charge in [-0.05, 0) is 12.8 Å². The zero-order valence-electron chi connectivity index (χ0n) is 7.79. The summed E-state index contributed by atoms with van der Waals surface area (Å²) in [6.07, 6.45) is 1.94. The molecule has 1 aliphatic carbocycles. The number of nitrogens with two attached hydrogens (primary N) is 1. The molecule has 2 rings (SSSR count). The summed E-state index contributed by atoms with van der Waals surface area (Å²) in [6, 6.07) is 0. The third-order valence-corrected chi connectivity index (χ3v) is 3.00. The molecule has 1 saturated carbocycles. The SMILES string of the molecule is NCC1(C(=O)N2CCOCC2)CC1. The van der Waals surface area contributed by atoms with E-state index in [1.54, 1.807) is 0 Å². The smallest absolute Gasteiger partial charge is 0.230 e. The van der Waals surface area contributed by atoms with Crippen LogP contribution in [0, 0.1) is 5.41 Å². The van der Waals surface area contributed by atoms with Gasteiger partial charge in [-0.3, -0.25) is 4.79 Å². The molecule has 0 aromatic rings. The number of morpholine rings is 1. The molecule has 1 heterocycles. The Hall–Kier alpha value is -0.610. The molecule has 1 amide bonds. The van der Waals surface area contributed by atoms with Crippen LogP contribution in [-0.2, 0) is 9.53 Å². The molecule has 0 bridgehead atoms. The molecule has 2 aliphatic rings. The first kappa shape index (κ1) is 8.97. The molecular formula is C9H16N2O2. The predicted octanol–water partition coefficient (Wildman–Crippen LogP) is -0.416. The van der Waals surface area contributed by atoms with Gasteiger partial charge in [-0.1, -0.05) is 0 Å². The quantitative estimate of drug-likeness (QED) is 0.634. The Labute approximate surface area is 78.0 Å². The summed E-state index contributed by atoms with van der Waals surface area (Å²) in [7, 11) is 0. The second-order valence-corrected chi connectivity index (χ2v) is 3.89. The van der Waals surface area contributed by atoms with E-state index >= 15 is 0 Å². The van der Waals surface area contributed by atoms with Crippen LogP contribution < -0.4 is 5.73 Å². The second kappa shape index (κ2) is 3.27. The number of carbonyl (C=O) groups is 1. The zero-order chi connectivity index (χ0) is 9.31. The van der Waals surface area contributed by atoms with Crippen LogP contribution in [0.3, 0.4) is 0 Å². The van der Waals surface area contributed by atoms with Crippen LogP contribution in [0.25, 0.3) is 0 Å². The minimum absolute atomic E-state index is 0.183. The standard InChI is InChI=1S/C9H16N2O2/c10-7-9(1-2-9)8(12)11-3-5-13-6-4-11/h1-7,10H2. The Morgan fingerprint density at radius 1 is 1.38 bits per heavy atom. The van der Waals surface area contributed by atoms with E-state index in [1.165, 1.54) is 0 Å². The van der Waals surface area contributed by atoms with Gasteiger partial charge in [-0.2, -0.15) is 0 Å². The van der Waals surface area contributed by atoms with Crippen molar-refractivity contribution >= 4 is 5.91 Å². The Morgan fingerprint density at radius 2 is 2.00 bits per heavy atom. The molecule has 0 aromatic heterocycles. The number of amides is 1. The molecule has 1 aliphatic heterocycles. The van der Waals surface area contributed by atoms with Gasteiger partial charge in [0.1, 0.15) is 0 Å². The van der Waals surface area contributed by atoms with E-state index in [9.17, 15) is 4.79 Å². The number of hydrogen-bond acceptors (Lipinski definition) is 3. The molecule has 4 nitrogen and oxygen atoms in total. The molecule has 74 valence electrons. The monoisotopic (exact) mass is 184 g/mol. The van der Waals surface area contributed by atoms with E-state index < -0.39 is 0 Å². The van der Waals surface area contributed by atoms with Crippen molar-refractivity contribution in [3.05, 3.63) is 0 Å². The van der Waals surface area contributed by atoms with Gasteiger partial charge in [0.15, 0.2) is 0 Å². The van der Waals surface area contributed by atoms with Crippen molar-refractivity contribution in [1.82, 2.24) is 4.90 Å². The highest BCUT2D eigenvalue weighted by Crippen LogP contribution is 2.46.